The first kappa shape index (κ1) is 6.16. The van der Waals surface area contributed by atoms with Crippen molar-refractivity contribution in [3.05, 3.63) is 18.3 Å². The first-order valence-corrected chi connectivity index (χ1v) is 2.80. The Bertz CT molecular complexity index is 148. The van der Waals surface area contributed by atoms with Crippen molar-refractivity contribution < 1.29 is 9.84 Å². The molecule has 0 fully saturated rings. The Morgan fingerprint density at radius 3 is 3.11 bits per heavy atom. The summed E-state index contributed by atoms with van der Waals surface area (Å²) in [6.45, 7) is 0.402. The van der Waals surface area contributed by atoms with Crippen LogP contribution in [-0.2, 0) is 0 Å². The first-order chi connectivity index (χ1) is 4.43. The zero-order valence-corrected chi connectivity index (χ0v) is 5.00. The van der Waals surface area contributed by atoms with E-state index in [2.05, 4.69) is 4.98 Å². The fourth-order valence-electron chi connectivity index (χ4n) is 0.559. The zero-order chi connectivity index (χ0) is 6.53. The van der Waals surface area contributed by atoms with Crippen LogP contribution < -0.4 is 4.74 Å². The highest BCUT2D eigenvalue weighted by Gasteiger charge is 1.88. The van der Waals surface area contributed by atoms with Gasteiger partial charge in [0.25, 0.3) is 0 Å². The van der Waals surface area contributed by atoms with Crippen molar-refractivity contribution in [1.82, 2.24) is 4.98 Å². The van der Waals surface area contributed by atoms with E-state index in [0.29, 0.717) is 12.5 Å². The molecular weight excluding hydrogens is 118 g/mol. The lowest BCUT2D eigenvalue weighted by atomic mass is 10.6. The Labute approximate surface area is 53.3 Å². The van der Waals surface area contributed by atoms with Gasteiger partial charge >= 0.3 is 0 Å². The molecule has 3 nitrogen and oxygen atoms in total. The second-order valence-corrected chi connectivity index (χ2v) is 1.61. The molecule has 1 aromatic heterocycles. The molecule has 0 atom stereocenters. The number of aromatic amines is 1. The van der Waals surface area contributed by atoms with Crippen molar-refractivity contribution in [2.45, 2.75) is 0 Å². The van der Waals surface area contributed by atoms with Gasteiger partial charge < -0.3 is 14.8 Å². The normalized spacial score (nSPS) is 9.44. The predicted octanol–water partition coefficient (Wildman–Crippen LogP) is 0.386. The van der Waals surface area contributed by atoms with Crippen LogP contribution in [0, 0.1) is 0 Å². The van der Waals surface area contributed by atoms with Gasteiger partial charge in [0.2, 0.25) is 0 Å². The van der Waals surface area contributed by atoms with Gasteiger partial charge in [-0.1, -0.05) is 0 Å². The predicted molar refractivity (Wildman–Crippen MR) is 33.4 cm³/mol. The maximum atomic E-state index is 8.33. The number of aromatic nitrogens is 1. The van der Waals surface area contributed by atoms with Crippen LogP contribution in [-0.4, -0.2) is 23.3 Å². The van der Waals surface area contributed by atoms with Crippen LogP contribution in [0.15, 0.2) is 18.3 Å². The summed E-state index contributed by atoms with van der Waals surface area (Å²) in [6, 6.07) is 3.64. The average Bonchev–Trinajstić information content (AvgIpc) is 2.34. The molecule has 1 rings (SSSR count). The van der Waals surface area contributed by atoms with Crippen molar-refractivity contribution in [2.75, 3.05) is 13.2 Å². The van der Waals surface area contributed by atoms with Crippen LogP contribution in [0.4, 0.5) is 0 Å². The molecule has 0 aliphatic rings. The molecule has 3 heteroatoms. The van der Waals surface area contributed by atoms with E-state index in [1.54, 1.807) is 12.3 Å². The first-order valence-electron chi connectivity index (χ1n) is 2.80. The van der Waals surface area contributed by atoms with Gasteiger partial charge in [0.1, 0.15) is 6.61 Å². The Balaban J connectivity index is 2.30. The number of aliphatic hydroxyl groups is 1. The van der Waals surface area contributed by atoms with Crippen molar-refractivity contribution >= 4 is 0 Å². The molecule has 0 aromatic carbocycles. The summed E-state index contributed by atoms with van der Waals surface area (Å²) in [5.41, 5.74) is 0. The largest absolute Gasteiger partial charge is 0.477 e. The van der Waals surface area contributed by atoms with E-state index in [1.165, 1.54) is 0 Å². The summed E-state index contributed by atoms with van der Waals surface area (Å²) >= 11 is 0. The minimum Gasteiger partial charge on any atom is -0.477 e. The highest BCUT2D eigenvalue weighted by atomic mass is 16.5. The molecule has 0 saturated heterocycles. The molecule has 1 heterocycles. The van der Waals surface area contributed by atoms with Crippen LogP contribution >= 0.6 is 0 Å². The van der Waals surface area contributed by atoms with E-state index in [0.717, 1.165) is 0 Å². The molecule has 0 amide bonds. The van der Waals surface area contributed by atoms with E-state index in [1.807, 2.05) is 6.07 Å². The second-order valence-electron chi connectivity index (χ2n) is 1.61. The quantitative estimate of drug-likeness (QED) is 0.616. The number of H-pyrrole nitrogens is 1. The summed E-state index contributed by atoms with van der Waals surface area (Å²) in [6.07, 6.45) is 1.77. The van der Waals surface area contributed by atoms with Gasteiger partial charge in [0.15, 0.2) is 5.88 Å². The van der Waals surface area contributed by atoms with Crippen LogP contribution in [0.3, 0.4) is 0 Å². The van der Waals surface area contributed by atoms with E-state index in [9.17, 15) is 0 Å². The average molecular weight is 127 g/mol. The van der Waals surface area contributed by atoms with Crippen molar-refractivity contribution in [3.63, 3.8) is 0 Å². The molecule has 2 N–H and O–H groups in total. The maximum absolute atomic E-state index is 8.33. The van der Waals surface area contributed by atoms with E-state index >= 15 is 0 Å². The Hall–Kier alpha value is -0.960. The SMILES string of the molecule is OCCOc1ccc[nH]1. The van der Waals surface area contributed by atoms with Gasteiger partial charge in [-0.25, -0.2) is 0 Å². The van der Waals surface area contributed by atoms with Crippen LogP contribution in [0.25, 0.3) is 0 Å². The third-order valence-corrected chi connectivity index (χ3v) is 0.918. The van der Waals surface area contributed by atoms with E-state index in [-0.39, 0.29) is 6.61 Å². The number of aliphatic hydroxyl groups excluding tert-OH is 1. The van der Waals surface area contributed by atoms with Crippen molar-refractivity contribution in [2.24, 2.45) is 0 Å². The molecule has 0 aliphatic carbocycles. The van der Waals surface area contributed by atoms with Crippen molar-refractivity contribution in [1.29, 1.82) is 0 Å². The fraction of sp³-hybridized carbons (Fsp3) is 0.333. The lowest BCUT2D eigenvalue weighted by molar-refractivity contribution is 0.197. The molecule has 0 unspecified atom stereocenters. The number of ether oxygens (including phenoxy) is 1. The number of nitrogens with one attached hydrogen (secondary N) is 1. The fourth-order valence-corrected chi connectivity index (χ4v) is 0.559. The van der Waals surface area contributed by atoms with E-state index < -0.39 is 0 Å². The maximum Gasteiger partial charge on any atom is 0.190 e. The van der Waals surface area contributed by atoms with Gasteiger partial charge in [-0.05, 0) is 12.1 Å². The van der Waals surface area contributed by atoms with Crippen LogP contribution in [0.5, 0.6) is 5.88 Å². The molecule has 0 saturated carbocycles. The molecule has 0 spiro atoms. The Morgan fingerprint density at radius 2 is 2.56 bits per heavy atom. The molecule has 0 radical (unpaired) electrons. The Kier molecular flexibility index (Phi) is 2.15. The highest BCUT2D eigenvalue weighted by Crippen LogP contribution is 2.02. The van der Waals surface area contributed by atoms with Gasteiger partial charge in [-0.2, -0.15) is 0 Å². The van der Waals surface area contributed by atoms with Gasteiger partial charge in [-0.3, -0.25) is 0 Å². The lowest BCUT2D eigenvalue weighted by Gasteiger charge is -1.97. The monoisotopic (exact) mass is 127 g/mol. The second kappa shape index (κ2) is 3.14. The number of hydrogen-bond acceptors (Lipinski definition) is 2. The van der Waals surface area contributed by atoms with Gasteiger partial charge in [0.05, 0.1) is 6.61 Å². The summed E-state index contributed by atoms with van der Waals surface area (Å²) < 4.78 is 4.99. The third-order valence-electron chi connectivity index (χ3n) is 0.918. The number of hydrogen-bond donors (Lipinski definition) is 2. The van der Waals surface area contributed by atoms with Crippen LogP contribution in [0.1, 0.15) is 0 Å². The highest BCUT2D eigenvalue weighted by molar-refractivity contribution is 5.09. The summed E-state index contributed by atoms with van der Waals surface area (Å²) in [7, 11) is 0. The summed E-state index contributed by atoms with van der Waals surface area (Å²) in [4.78, 5) is 2.84. The minimum atomic E-state index is 0.0546. The standard InChI is InChI=1S/C6H9NO2/c8-4-5-9-6-2-1-3-7-6/h1-3,7-8H,4-5H2. The summed E-state index contributed by atoms with van der Waals surface area (Å²) in [5.74, 6) is 0.698. The molecule has 0 bridgehead atoms. The molecular formula is C6H9NO2. The Morgan fingerprint density at radius 1 is 1.67 bits per heavy atom. The topological polar surface area (TPSA) is 45.2 Å². The smallest absolute Gasteiger partial charge is 0.190 e. The summed E-state index contributed by atoms with van der Waals surface area (Å²) in [5, 5.41) is 8.33. The molecule has 9 heavy (non-hydrogen) atoms. The van der Waals surface area contributed by atoms with E-state index in [4.69, 9.17) is 9.84 Å². The van der Waals surface area contributed by atoms with Gasteiger partial charge in [0, 0.05) is 6.20 Å². The van der Waals surface area contributed by atoms with Crippen LogP contribution in [0.2, 0.25) is 0 Å². The zero-order valence-electron chi connectivity index (χ0n) is 5.00. The minimum absolute atomic E-state index is 0.0546. The third kappa shape index (κ3) is 1.77. The molecule has 50 valence electrons. The lowest BCUT2D eigenvalue weighted by Crippen LogP contribution is -2.01. The number of rotatable bonds is 3. The molecule has 0 aliphatic heterocycles. The van der Waals surface area contributed by atoms with Gasteiger partial charge in [-0.15, -0.1) is 0 Å². The molecule has 1 aromatic rings. The van der Waals surface area contributed by atoms with Crippen molar-refractivity contribution in [3.8, 4) is 5.88 Å².